The number of hydrogen-bond acceptors (Lipinski definition) is 4. The second-order valence-electron chi connectivity index (χ2n) is 7.10. The fourth-order valence-electron chi connectivity index (χ4n) is 4.11. The summed E-state index contributed by atoms with van der Waals surface area (Å²) < 4.78 is 6.01. The van der Waals surface area contributed by atoms with Crippen LogP contribution in [-0.4, -0.2) is 42.2 Å². The lowest BCUT2D eigenvalue weighted by Crippen LogP contribution is -2.51. The van der Waals surface area contributed by atoms with Crippen molar-refractivity contribution >= 4 is 18.4 Å². The molecule has 1 saturated carbocycles. The van der Waals surface area contributed by atoms with E-state index in [1.165, 1.54) is 6.92 Å². The molecule has 0 bridgehead atoms. The fraction of sp³-hybridized carbons (Fsp3) is 0.632. The van der Waals surface area contributed by atoms with E-state index in [-0.39, 0.29) is 36.0 Å². The van der Waals surface area contributed by atoms with Crippen LogP contribution in [0.2, 0.25) is 0 Å². The van der Waals surface area contributed by atoms with E-state index in [1.54, 1.807) is 12.1 Å². The Morgan fingerprint density at radius 2 is 1.96 bits per heavy atom. The van der Waals surface area contributed by atoms with Crippen molar-refractivity contribution in [3.8, 4) is 5.75 Å². The van der Waals surface area contributed by atoms with Crippen LogP contribution in [0.25, 0.3) is 0 Å². The summed E-state index contributed by atoms with van der Waals surface area (Å²) in [5, 5.41) is 9.57. The second-order valence-corrected chi connectivity index (χ2v) is 7.10. The first kappa shape index (κ1) is 20.8. The van der Waals surface area contributed by atoms with Gasteiger partial charge in [-0.3, -0.25) is 4.79 Å². The monoisotopic (exact) mass is 355 g/mol. The number of aromatic hydroxyl groups is 1. The SMILES string of the molecule is CC(=O)OC1(C(C)CN(C)C)CCCCC1c1ccc(O)cc1.Cl. The van der Waals surface area contributed by atoms with Gasteiger partial charge in [0.05, 0.1) is 0 Å². The van der Waals surface area contributed by atoms with Gasteiger partial charge in [0.2, 0.25) is 0 Å². The number of benzene rings is 1. The Kier molecular flexibility index (Phi) is 7.56. The minimum atomic E-state index is -0.467. The van der Waals surface area contributed by atoms with E-state index in [2.05, 4.69) is 25.9 Å². The normalized spacial score (nSPS) is 25.0. The van der Waals surface area contributed by atoms with E-state index >= 15 is 0 Å². The molecule has 3 atom stereocenters. The van der Waals surface area contributed by atoms with Crippen molar-refractivity contribution in [2.45, 2.75) is 51.0 Å². The van der Waals surface area contributed by atoms with Crippen LogP contribution in [0.1, 0.15) is 51.0 Å². The van der Waals surface area contributed by atoms with Gasteiger partial charge in [-0.15, -0.1) is 12.4 Å². The van der Waals surface area contributed by atoms with Crippen LogP contribution in [0.15, 0.2) is 24.3 Å². The summed E-state index contributed by atoms with van der Waals surface area (Å²) in [5.41, 5.74) is 0.681. The molecule has 1 aliphatic rings. The molecule has 2 rings (SSSR count). The van der Waals surface area contributed by atoms with Crippen molar-refractivity contribution in [1.29, 1.82) is 0 Å². The quantitative estimate of drug-likeness (QED) is 0.812. The molecule has 1 aromatic rings. The number of nitrogens with zero attached hydrogens (tertiary/aromatic N) is 1. The Balaban J connectivity index is 0.00000288. The van der Waals surface area contributed by atoms with Gasteiger partial charge in [-0.05, 0) is 51.1 Å². The molecule has 0 aromatic heterocycles. The van der Waals surface area contributed by atoms with Crippen LogP contribution < -0.4 is 0 Å². The molecule has 24 heavy (non-hydrogen) atoms. The number of halogens is 1. The van der Waals surface area contributed by atoms with E-state index in [4.69, 9.17) is 4.74 Å². The van der Waals surface area contributed by atoms with E-state index in [9.17, 15) is 9.90 Å². The van der Waals surface area contributed by atoms with Gasteiger partial charge in [0.1, 0.15) is 11.4 Å². The smallest absolute Gasteiger partial charge is 0.303 e. The second kappa shape index (κ2) is 8.72. The number of phenols is 1. The van der Waals surface area contributed by atoms with Crippen LogP contribution in [0.3, 0.4) is 0 Å². The van der Waals surface area contributed by atoms with Gasteiger partial charge < -0.3 is 14.7 Å². The van der Waals surface area contributed by atoms with Gasteiger partial charge in [-0.25, -0.2) is 0 Å². The zero-order chi connectivity index (χ0) is 17.0. The minimum absolute atomic E-state index is 0. The van der Waals surface area contributed by atoms with Crippen molar-refractivity contribution in [3.63, 3.8) is 0 Å². The van der Waals surface area contributed by atoms with Gasteiger partial charge in [0, 0.05) is 25.3 Å². The first-order valence-corrected chi connectivity index (χ1v) is 8.48. The van der Waals surface area contributed by atoms with Crippen LogP contribution in [0.5, 0.6) is 5.75 Å². The average molecular weight is 356 g/mol. The topological polar surface area (TPSA) is 49.8 Å². The average Bonchev–Trinajstić information content (AvgIpc) is 2.47. The van der Waals surface area contributed by atoms with Crippen molar-refractivity contribution in [1.82, 2.24) is 4.90 Å². The van der Waals surface area contributed by atoms with Gasteiger partial charge in [0.25, 0.3) is 0 Å². The molecule has 1 fully saturated rings. The minimum Gasteiger partial charge on any atom is -0.508 e. The number of ether oxygens (including phenoxy) is 1. The van der Waals surface area contributed by atoms with E-state index in [0.717, 1.165) is 37.8 Å². The van der Waals surface area contributed by atoms with Crippen LogP contribution in [-0.2, 0) is 9.53 Å². The standard InChI is InChI=1S/C19H29NO3.ClH/c1-14(13-20(3)4)19(23-15(2)21)12-6-5-7-18(19)16-8-10-17(22)11-9-16;/h8-11,14,18,22H,5-7,12-13H2,1-4H3;1H. The molecule has 0 saturated heterocycles. The molecule has 0 spiro atoms. The van der Waals surface area contributed by atoms with Crippen molar-refractivity contribution < 1.29 is 14.6 Å². The third kappa shape index (κ3) is 4.64. The third-order valence-electron chi connectivity index (χ3n) is 5.00. The summed E-state index contributed by atoms with van der Waals surface area (Å²) in [6.45, 7) is 4.57. The van der Waals surface area contributed by atoms with Crippen LogP contribution in [0, 0.1) is 5.92 Å². The molecule has 1 aliphatic carbocycles. The highest BCUT2D eigenvalue weighted by Gasteiger charge is 2.48. The summed E-state index contributed by atoms with van der Waals surface area (Å²) in [4.78, 5) is 14.0. The predicted molar refractivity (Wildman–Crippen MR) is 98.8 cm³/mol. The predicted octanol–water partition coefficient (Wildman–Crippen LogP) is 3.97. The Hall–Kier alpha value is -1.26. The highest BCUT2D eigenvalue weighted by atomic mass is 35.5. The van der Waals surface area contributed by atoms with Gasteiger partial charge in [0.15, 0.2) is 0 Å². The van der Waals surface area contributed by atoms with E-state index in [1.807, 2.05) is 12.1 Å². The lowest BCUT2D eigenvalue weighted by molar-refractivity contribution is -0.172. The highest BCUT2D eigenvalue weighted by molar-refractivity contribution is 5.85. The van der Waals surface area contributed by atoms with Crippen LogP contribution in [0.4, 0.5) is 0 Å². The molecule has 3 unspecified atom stereocenters. The van der Waals surface area contributed by atoms with Crippen molar-refractivity contribution in [2.75, 3.05) is 20.6 Å². The molecule has 136 valence electrons. The fourth-order valence-corrected chi connectivity index (χ4v) is 4.11. The van der Waals surface area contributed by atoms with Gasteiger partial charge >= 0.3 is 5.97 Å². The highest BCUT2D eigenvalue weighted by Crippen LogP contribution is 2.48. The molecular weight excluding hydrogens is 326 g/mol. The first-order valence-electron chi connectivity index (χ1n) is 8.48. The molecule has 1 aromatic carbocycles. The Labute approximate surface area is 151 Å². The lowest BCUT2D eigenvalue weighted by Gasteiger charge is -2.48. The summed E-state index contributed by atoms with van der Waals surface area (Å²) in [5.74, 6) is 0.474. The summed E-state index contributed by atoms with van der Waals surface area (Å²) in [6, 6.07) is 7.37. The van der Waals surface area contributed by atoms with Gasteiger partial charge in [-0.1, -0.05) is 25.5 Å². The summed E-state index contributed by atoms with van der Waals surface area (Å²) in [6.07, 6.45) is 4.13. The van der Waals surface area contributed by atoms with Gasteiger partial charge in [-0.2, -0.15) is 0 Å². The molecule has 0 amide bonds. The molecule has 4 nitrogen and oxygen atoms in total. The molecular formula is C19H30ClNO3. The zero-order valence-corrected chi connectivity index (χ0v) is 15.9. The number of hydrogen-bond donors (Lipinski definition) is 1. The largest absolute Gasteiger partial charge is 0.508 e. The molecule has 1 N–H and O–H groups in total. The number of phenolic OH excluding ortho intramolecular Hbond substituents is 1. The summed E-state index contributed by atoms with van der Waals surface area (Å²) >= 11 is 0. The van der Waals surface area contributed by atoms with E-state index < -0.39 is 5.60 Å². The van der Waals surface area contributed by atoms with Crippen molar-refractivity contribution in [3.05, 3.63) is 29.8 Å². The van der Waals surface area contributed by atoms with Crippen LogP contribution >= 0.6 is 12.4 Å². The van der Waals surface area contributed by atoms with E-state index in [0.29, 0.717) is 0 Å². The zero-order valence-electron chi connectivity index (χ0n) is 15.1. The number of rotatable bonds is 5. The lowest BCUT2D eigenvalue weighted by atomic mass is 9.66. The Morgan fingerprint density at radius 1 is 1.33 bits per heavy atom. The number of carbonyl (C=O) groups excluding carboxylic acids is 1. The summed E-state index contributed by atoms with van der Waals surface area (Å²) in [7, 11) is 4.10. The number of esters is 1. The van der Waals surface area contributed by atoms with Crippen molar-refractivity contribution in [2.24, 2.45) is 5.92 Å². The Bertz CT molecular complexity index is 532. The molecule has 0 heterocycles. The molecule has 5 heteroatoms. The maximum absolute atomic E-state index is 11.9. The first-order chi connectivity index (χ1) is 10.8. The Morgan fingerprint density at radius 3 is 2.50 bits per heavy atom. The third-order valence-corrected chi connectivity index (χ3v) is 5.00. The molecule has 0 aliphatic heterocycles. The molecule has 0 radical (unpaired) electrons. The maximum Gasteiger partial charge on any atom is 0.303 e. The number of carbonyl (C=O) groups is 1. The maximum atomic E-state index is 11.9.